The van der Waals surface area contributed by atoms with E-state index in [9.17, 15) is 9.59 Å². The van der Waals surface area contributed by atoms with Gasteiger partial charge in [-0.3, -0.25) is 0 Å². The van der Waals surface area contributed by atoms with Gasteiger partial charge in [-0.05, 0) is 12.5 Å². The molecule has 106 valence electrons. The van der Waals surface area contributed by atoms with Crippen LogP contribution in [0.4, 0.5) is 0 Å². The molecule has 6 N–H and O–H groups in total. The number of aliphatic carboxylic acids is 2. The highest BCUT2D eigenvalue weighted by atomic mass is 16.4. The van der Waals surface area contributed by atoms with Crippen molar-refractivity contribution in [2.45, 2.75) is 25.2 Å². The maximum absolute atomic E-state index is 9.77. The number of rotatable bonds is 4. The predicted octanol–water partition coefficient (Wildman–Crippen LogP) is -0.416. The molecule has 0 heterocycles. The van der Waals surface area contributed by atoms with Crippen LogP contribution in [0.5, 0.6) is 0 Å². The molecule has 0 aliphatic rings. The van der Waals surface area contributed by atoms with E-state index in [0.29, 0.717) is 0 Å². The Balaban J connectivity index is 0.000000342. The molecule has 1 rings (SSSR count). The van der Waals surface area contributed by atoms with Gasteiger partial charge in [-0.2, -0.15) is 0 Å². The fraction of sp³-hybridized carbons (Fsp3) is 0.333. The van der Waals surface area contributed by atoms with Crippen molar-refractivity contribution < 1.29 is 30.0 Å². The van der Waals surface area contributed by atoms with Crippen LogP contribution in [0, 0.1) is 0 Å². The molecule has 1 aromatic carbocycles. The minimum absolute atomic E-state index is 0.159. The van der Waals surface area contributed by atoms with Crippen LogP contribution >= 0.6 is 0 Å². The molecule has 0 aliphatic heterocycles. The van der Waals surface area contributed by atoms with Gasteiger partial charge in [0.15, 0.2) is 12.2 Å². The van der Waals surface area contributed by atoms with Crippen molar-refractivity contribution in [2.24, 2.45) is 5.73 Å². The van der Waals surface area contributed by atoms with Gasteiger partial charge in [0.2, 0.25) is 0 Å². The first-order valence-electron chi connectivity index (χ1n) is 5.39. The zero-order valence-electron chi connectivity index (χ0n) is 10.3. The fourth-order valence-corrected chi connectivity index (χ4v) is 1.03. The number of carbonyl (C=O) groups is 2. The van der Waals surface area contributed by atoms with Crippen LogP contribution < -0.4 is 5.73 Å². The molecule has 1 aromatic rings. The highest BCUT2D eigenvalue weighted by molar-refractivity contribution is 5.83. The first kappa shape index (κ1) is 17.0. The topological polar surface area (TPSA) is 141 Å². The lowest BCUT2D eigenvalue weighted by Gasteiger charge is -2.07. The average Bonchev–Trinajstić information content (AvgIpc) is 2.38. The zero-order chi connectivity index (χ0) is 15.0. The van der Waals surface area contributed by atoms with E-state index in [1.165, 1.54) is 5.56 Å². The molecule has 19 heavy (non-hydrogen) atoms. The van der Waals surface area contributed by atoms with E-state index in [-0.39, 0.29) is 6.04 Å². The van der Waals surface area contributed by atoms with Gasteiger partial charge < -0.3 is 26.2 Å². The molecule has 0 aliphatic carbocycles. The molecule has 3 atom stereocenters. The van der Waals surface area contributed by atoms with Gasteiger partial charge in [-0.25, -0.2) is 9.59 Å². The second-order valence-corrected chi connectivity index (χ2v) is 3.77. The van der Waals surface area contributed by atoms with Crippen molar-refractivity contribution in [2.75, 3.05) is 0 Å². The minimum atomic E-state index is -2.27. The van der Waals surface area contributed by atoms with Crippen LogP contribution in [-0.2, 0) is 9.59 Å². The molecule has 7 heteroatoms. The lowest BCUT2D eigenvalue weighted by molar-refractivity contribution is -0.165. The number of hydrogen-bond donors (Lipinski definition) is 5. The molecule has 0 fully saturated rings. The molecular formula is C12H17NO6. The molecule has 0 saturated carbocycles. The summed E-state index contributed by atoms with van der Waals surface area (Å²) >= 11 is 0. The highest BCUT2D eigenvalue weighted by Gasteiger charge is 2.29. The quantitative estimate of drug-likeness (QED) is 0.501. The Labute approximate surface area is 109 Å². The number of benzene rings is 1. The summed E-state index contributed by atoms with van der Waals surface area (Å²) in [7, 11) is 0. The third-order valence-corrected chi connectivity index (χ3v) is 2.13. The number of aliphatic hydroxyl groups is 2. The first-order valence-corrected chi connectivity index (χ1v) is 5.39. The van der Waals surface area contributed by atoms with E-state index >= 15 is 0 Å². The van der Waals surface area contributed by atoms with Crippen molar-refractivity contribution >= 4 is 11.9 Å². The van der Waals surface area contributed by atoms with Crippen molar-refractivity contribution in [3.05, 3.63) is 35.9 Å². The lowest BCUT2D eigenvalue weighted by Crippen LogP contribution is -2.39. The molecule has 0 saturated heterocycles. The van der Waals surface area contributed by atoms with Gasteiger partial charge in [0.1, 0.15) is 0 Å². The van der Waals surface area contributed by atoms with Crippen LogP contribution in [-0.4, -0.2) is 44.6 Å². The van der Waals surface area contributed by atoms with Gasteiger partial charge in [0.25, 0.3) is 0 Å². The van der Waals surface area contributed by atoms with Gasteiger partial charge in [0.05, 0.1) is 0 Å². The Morgan fingerprint density at radius 3 is 1.58 bits per heavy atom. The van der Waals surface area contributed by atoms with Crippen molar-refractivity contribution in [3.63, 3.8) is 0 Å². The Morgan fingerprint density at radius 2 is 1.37 bits per heavy atom. The average molecular weight is 271 g/mol. The third kappa shape index (κ3) is 6.51. The molecular weight excluding hydrogens is 254 g/mol. The molecule has 7 nitrogen and oxygen atoms in total. The molecule has 0 amide bonds. The van der Waals surface area contributed by atoms with E-state index in [0.717, 1.165) is 0 Å². The summed E-state index contributed by atoms with van der Waals surface area (Å²) in [6.07, 6.45) is -4.53. The number of aliphatic hydroxyl groups excluding tert-OH is 2. The van der Waals surface area contributed by atoms with E-state index < -0.39 is 24.1 Å². The van der Waals surface area contributed by atoms with E-state index in [1.54, 1.807) is 0 Å². The summed E-state index contributed by atoms with van der Waals surface area (Å²) in [4.78, 5) is 19.5. The summed E-state index contributed by atoms with van der Waals surface area (Å²) in [6.45, 7) is 1.98. The second kappa shape index (κ2) is 8.20. The maximum atomic E-state index is 9.77. The molecule has 1 unspecified atom stereocenters. The van der Waals surface area contributed by atoms with Gasteiger partial charge >= 0.3 is 11.9 Å². The lowest BCUT2D eigenvalue weighted by atomic mass is 10.1. The summed E-state index contributed by atoms with van der Waals surface area (Å²) in [5, 5.41) is 32.5. The third-order valence-electron chi connectivity index (χ3n) is 2.13. The standard InChI is InChI=1S/C8H11N.C4H6O6/c1-7(9)8-5-3-2-4-6-8;5-1(3(7)8)2(6)4(9)10/h2-7H,9H2,1H3;1-2,5-6H,(H,7,8)(H,9,10)/t;1-,2-/m.1/s1. The Morgan fingerprint density at radius 1 is 1.00 bits per heavy atom. The molecule has 0 bridgehead atoms. The fourth-order valence-electron chi connectivity index (χ4n) is 1.03. The Bertz CT molecular complexity index is 388. The Kier molecular flexibility index (Phi) is 7.35. The van der Waals surface area contributed by atoms with Gasteiger partial charge in [-0.1, -0.05) is 30.3 Å². The Hall–Kier alpha value is -1.96. The van der Waals surface area contributed by atoms with E-state index in [1.807, 2.05) is 37.3 Å². The van der Waals surface area contributed by atoms with Crippen LogP contribution in [0.25, 0.3) is 0 Å². The molecule has 0 radical (unpaired) electrons. The molecule has 0 aromatic heterocycles. The highest BCUT2D eigenvalue weighted by Crippen LogP contribution is 2.06. The van der Waals surface area contributed by atoms with Crippen LogP contribution in [0.15, 0.2) is 30.3 Å². The predicted molar refractivity (Wildman–Crippen MR) is 66.3 cm³/mol. The van der Waals surface area contributed by atoms with E-state index in [2.05, 4.69) is 0 Å². The zero-order valence-corrected chi connectivity index (χ0v) is 10.3. The van der Waals surface area contributed by atoms with E-state index in [4.69, 9.17) is 26.2 Å². The number of carboxylic acids is 2. The van der Waals surface area contributed by atoms with Crippen molar-refractivity contribution in [3.8, 4) is 0 Å². The summed E-state index contributed by atoms with van der Waals surface area (Å²) < 4.78 is 0. The number of nitrogens with two attached hydrogens (primary N) is 1. The normalized spacial score (nSPS) is 14.5. The minimum Gasteiger partial charge on any atom is -0.479 e. The smallest absolute Gasteiger partial charge is 0.335 e. The largest absolute Gasteiger partial charge is 0.479 e. The van der Waals surface area contributed by atoms with Crippen molar-refractivity contribution in [1.29, 1.82) is 0 Å². The first-order chi connectivity index (χ1) is 8.77. The van der Waals surface area contributed by atoms with Gasteiger partial charge in [-0.15, -0.1) is 0 Å². The number of hydrogen-bond acceptors (Lipinski definition) is 5. The summed E-state index contributed by atoms with van der Waals surface area (Å²) in [6, 6.07) is 10.2. The van der Waals surface area contributed by atoms with Crippen LogP contribution in [0.3, 0.4) is 0 Å². The van der Waals surface area contributed by atoms with Crippen LogP contribution in [0.1, 0.15) is 18.5 Å². The monoisotopic (exact) mass is 271 g/mol. The van der Waals surface area contributed by atoms with Crippen molar-refractivity contribution in [1.82, 2.24) is 0 Å². The SMILES string of the molecule is CC(N)c1ccccc1.O=C(O)[C@H](O)[C@@H](O)C(=O)O. The maximum Gasteiger partial charge on any atom is 0.335 e. The summed E-state index contributed by atoms with van der Waals surface area (Å²) in [5.41, 5.74) is 6.81. The van der Waals surface area contributed by atoms with Gasteiger partial charge in [0, 0.05) is 6.04 Å². The summed E-state index contributed by atoms with van der Waals surface area (Å²) in [5.74, 6) is -3.54. The van der Waals surface area contributed by atoms with Crippen LogP contribution in [0.2, 0.25) is 0 Å². The second-order valence-electron chi connectivity index (χ2n) is 3.77. The number of carboxylic acid groups (broad SMARTS) is 2. The molecule has 0 spiro atoms.